The van der Waals surface area contributed by atoms with E-state index in [9.17, 15) is 0 Å². The minimum absolute atomic E-state index is 0. The van der Waals surface area contributed by atoms with Crippen LogP contribution in [0.4, 0.5) is 0 Å². The van der Waals surface area contributed by atoms with E-state index in [-0.39, 0.29) is 30.9 Å². The average Bonchev–Trinajstić information content (AvgIpc) is 2.31. The molecule has 2 aliphatic heterocycles. The Hall–Kier alpha value is 0.420. The molecular formula is C11H24Cl2N2O2. The minimum atomic E-state index is 0. The Morgan fingerprint density at radius 1 is 1.18 bits per heavy atom. The Morgan fingerprint density at radius 3 is 2.53 bits per heavy atom. The van der Waals surface area contributed by atoms with Crippen molar-refractivity contribution < 1.29 is 9.47 Å². The molecule has 2 fully saturated rings. The Kier molecular flexibility index (Phi) is 9.59. The van der Waals surface area contributed by atoms with E-state index in [2.05, 4.69) is 10.6 Å². The van der Waals surface area contributed by atoms with Gasteiger partial charge in [-0.1, -0.05) is 0 Å². The van der Waals surface area contributed by atoms with Gasteiger partial charge in [0.05, 0.1) is 12.7 Å². The van der Waals surface area contributed by atoms with Crippen LogP contribution >= 0.6 is 24.8 Å². The zero-order valence-electron chi connectivity index (χ0n) is 10.3. The monoisotopic (exact) mass is 286 g/mol. The predicted octanol–water partition coefficient (Wildman–Crippen LogP) is 0.975. The van der Waals surface area contributed by atoms with Crippen LogP contribution in [-0.4, -0.2) is 51.6 Å². The third kappa shape index (κ3) is 5.28. The van der Waals surface area contributed by atoms with Crippen molar-refractivity contribution >= 4 is 24.8 Å². The number of halogens is 2. The highest BCUT2D eigenvalue weighted by atomic mass is 35.5. The van der Waals surface area contributed by atoms with Gasteiger partial charge in [0.25, 0.3) is 0 Å². The van der Waals surface area contributed by atoms with Crippen LogP contribution in [0.2, 0.25) is 0 Å². The maximum atomic E-state index is 5.44. The summed E-state index contributed by atoms with van der Waals surface area (Å²) in [5.41, 5.74) is 0. The van der Waals surface area contributed by atoms with E-state index in [4.69, 9.17) is 9.47 Å². The Balaban J connectivity index is 0.00000128. The number of hydrogen-bond donors (Lipinski definition) is 2. The Bertz CT molecular complexity index is 192. The lowest BCUT2D eigenvalue weighted by Gasteiger charge is -2.35. The van der Waals surface area contributed by atoms with Crippen LogP contribution < -0.4 is 10.6 Å². The van der Waals surface area contributed by atoms with E-state index in [0.29, 0.717) is 12.1 Å². The first-order chi connectivity index (χ1) is 7.40. The largest absolute Gasteiger partial charge is 0.379 e. The molecule has 0 aromatic rings. The highest BCUT2D eigenvalue weighted by Crippen LogP contribution is 2.13. The Morgan fingerprint density at radius 2 is 1.88 bits per heavy atom. The van der Waals surface area contributed by atoms with Crippen molar-refractivity contribution in [2.24, 2.45) is 0 Å². The average molecular weight is 287 g/mol. The Labute approximate surface area is 116 Å². The van der Waals surface area contributed by atoms with Gasteiger partial charge in [0.1, 0.15) is 0 Å². The minimum Gasteiger partial charge on any atom is -0.379 e. The van der Waals surface area contributed by atoms with Crippen molar-refractivity contribution in [3.05, 3.63) is 0 Å². The van der Waals surface area contributed by atoms with Crippen molar-refractivity contribution in [3.8, 4) is 0 Å². The van der Waals surface area contributed by atoms with E-state index in [1.165, 1.54) is 12.8 Å². The molecule has 17 heavy (non-hydrogen) atoms. The molecule has 0 aliphatic carbocycles. The summed E-state index contributed by atoms with van der Waals surface area (Å²) in [6, 6.07) is 1.14. The molecule has 2 N–H and O–H groups in total. The number of rotatable bonds is 3. The van der Waals surface area contributed by atoms with Crippen molar-refractivity contribution in [2.75, 3.05) is 33.4 Å². The summed E-state index contributed by atoms with van der Waals surface area (Å²) in [7, 11) is 1.77. The highest BCUT2D eigenvalue weighted by Gasteiger charge is 2.27. The maximum Gasteiger partial charge on any atom is 0.0958 e. The fourth-order valence-corrected chi connectivity index (χ4v) is 2.43. The number of hydrogen-bond acceptors (Lipinski definition) is 4. The van der Waals surface area contributed by atoms with E-state index in [1.54, 1.807) is 7.11 Å². The summed E-state index contributed by atoms with van der Waals surface area (Å²) >= 11 is 0. The first kappa shape index (κ1) is 17.4. The summed E-state index contributed by atoms with van der Waals surface area (Å²) < 4.78 is 10.9. The third-order valence-corrected chi connectivity index (χ3v) is 3.40. The second-order valence-electron chi connectivity index (χ2n) is 4.44. The lowest BCUT2D eigenvalue weighted by molar-refractivity contribution is -0.0527. The van der Waals surface area contributed by atoms with Gasteiger partial charge in [0, 0.05) is 25.8 Å². The normalized spacial score (nSPS) is 30.2. The van der Waals surface area contributed by atoms with Crippen molar-refractivity contribution in [1.29, 1.82) is 0 Å². The predicted molar refractivity (Wildman–Crippen MR) is 73.5 cm³/mol. The van der Waals surface area contributed by atoms with Crippen molar-refractivity contribution in [3.63, 3.8) is 0 Å². The smallest absolute Gasteiger partial charge is 0.0958 e. The quantitative estimate of drug-likeness (QED) is 0.812. The fraction of sp³-hybridized carbons (Fsp3) is 1.00. The zero-order chi connectivity index (χ0) is 10.5. The third-order valence-electron chi connectivity index (χ3n) is 3.40. The molecule has 2 rings (SSSR count). The molecule has 6 heteroatoms. The molecule has 0 amide bonds. The van der Waals surface area contributed by atoms with Crippen LogP contribution in [0.1, 0.15) is 19.3 Å². The molecule has 2 heterocycles. The lowest BCUT2D eigenvalue weighted by atomic mass is 10.0. The number of piperidine rings is 1. The number of ether oxygens (including phenoxy) is 2. The van der Waals surface area contributed by atoms with Gasteiger partial charge < -0.3 is 20.1 Å². The van der Waals surface area contributed by atoms with Crippen molar-refractivity contribution in [1.82, 2.24) is 10.6 Å². The maximum absolute atomic E-state index is 5.44. The fourth-order valence-electron chi connectivity index (χ4n) is 2.43. The molecule has 104 valence electrons. The van der Waals surface area contributed by atoms with Crippen LogP contribution in [0.3, 0.4) is 0 Å². The zero-order valence-corrected chi connectivity index (χ0v) is 11.9. The molecule has 0 spiro atoms. The molecule has 0 aromatic heterocycles. The molecule has 0 saturated carbocycles. The van der Waals surface area contributed by atoms with E-state index in [0.717, 1.165) is 32.7 Å². The second kappa shape index (κ2) is 9.36. The van der Waals surface area contributed by atoms with Gasteiger partial charge in [-0.05, 0) is 32.4 Å². The molecule has 2 aliphatic rings. The summed E-state index contributed by atoms with van der Waals surface area (Å²) in [6.07, 6.45) is 3.76. The van der Waals surface area contributed by atoms with E-state index in [1.807, 2.05) is 0 Å². The first-order valence-corrected chi connectivity index (χ1v) is 5.97. The molecule has 4 nitrogen and oxygen atoms in total. The summed E-state index contributed by atoms with van der Waals surface area (Å²) in [5, 5.41) is 7.10. The van der Waals surface area contributed by atoms with Crippen LogP contribution in [0.25, 0.3) is 0 Å². The lowest BCUT2D eigenvalue weighted by Crippen LogP contribution is -2.53. The van der Waals surface area contributed by atoms with Gasteiger partial charge in [-0.2, -0.15) is 0 Å². The molecule has 0 aromatic carbocycles. The van der Waals surface area contributed by atoms with Gasteiger partial charge in [0.15, 0.2) is 0 Å². The standard InChI is InChI=1S/C11H22N2O2.2ClH/c1-14-11-8-15-7-4-10(11)13-9-2-5-12-6-3-9;;/h9-13H,2-8H2,1H3;2*1H. The molecule has 0 bridgehead atoms. The molecule has 0 radical (unpaired) electrons. The van der Waals surface area contributed by atoms with Crippen LogP contribution in [-0.2, 0) is 9.47 Å². The van der Waals surface area contributed by atoms with Crippen molar-refractivity contribution in [2.45, 2.75) is 37.5 Å². The SMILES string of the molecule is COC1COCCC1NC1CCNCC1.Cl.Cl. The van der Waals surface area contributed by atoms with Gasteiger partial charge >= 0.3 is 0 Å². The van der Waals surface area contributed by atoms with E-state index >= 15 is 0 Å². The molecule has 2 saturated heterocycles. The summed E-state index contributed by atoms with van der Waals surface area (Å²) in [5.74, 6) is 0. The van der Waals surface area contributed by atoms with E-state index < -0.39 is 0 Å². The highest BCUT2D eigenvalue weighted by molar-refractivity contribution is 5.85. The summed E-state index contributed by atoms with van der Waals surface area (Å²) in [4.78, 5) is 0. The second-order valence-corrected chi connectivity index (χ2v) is 4.44. The molecule has 2 atom stereocenters. The van der Waals surface area contributed by atoms with Crippen LogP contribution in [0.5, 0.6) is 0 Å². The van der Waals surface area contributed by atoms with Gasteiger partial charge in [0.2, 0.25) is 0 Å². The van der Waals surface area contributed by atoms with Crippen LogP contribution in [0.15, 0.2) is 0 Å². The summed E-state index contributed by atoms with van der Waals surface area (Å²) in [6.45, 7) is 3.87. The number of nitrogens with one attached hydrogen (secondary N) is 2. The topological polar surface area (TPSA) is 42.5 Å². The van der Waals surface area contributed by atoms with Gasteiger partial charge in [-0.3, -0.25) is 0 Å². The molecular weight excluding hydrogens is 263 g/mol. The number of methoxy groups -OCH3 is 1. The van der Waals surface area contributed by atoms with Gasteiger partial charge in [-0.25, -0.2) is 0 Å². The first-order valence-electron chi connectivity index (χ1n) is 5.97. The van der Waals surface area contributed by atoms with Gasteiger partial charge in [-0.15, -0.1) is 24.8 Å². The van der Waals surface area contributed by atoms with Crippen LogP contribution in [0, 0.1) is 0 Å². The molecule has 2 unspecified atom stereocenters.